The van der Waals surface area contributed by atoms with Crippen molar-refractivity contribution in [2.75, 3.05) is 0 Å². The van der Waals surface area contributed by atoms with Crippen LogP contribution in [0.1, 0.15) is 11.3 Å². The van der Waals surface area contributed by atoms with Crippen molar-refractivity contribution in [3.8, 4) is 0 Å². The number of pyridine rings is 1. The van der Waals surface area contributed by atoms with Gasteiger partial charge in [0, 0.05) is 21.9 Å². The minimum atomic E-state index is 0.755. The van der Waals surface area contributed by atoms with Crippen molar-refractivity contribution in [3.05, 3.63) is 40.7 Å². The Hall–Kier alpha value is -0.600. The lowest BCUT2D eigenvalue weighted by molar-refractivity contribution is 1.16. The summed E-state index contributed by atoms with van der Waals surface area (Å²) >= 11 is 9.33. The highest BCUT2D eigenvalue weighted by atomic mass is 79.9. The van der Waals surface area contributed by atoms with Crippen molar-refractivity contribution in [2.45, 2.75) is 12.3 Å². The number of rotatable bonds is 1. The predicted molar refractivity (Wildman–Crippen MR) is 64.1 cm³/mol. The molecule has 2 rings (SSSR count). The summed E-state index contributed by atoms with van der Waals surface area (Å²) in [5, 5.41) is 3.86. The Bertz CT molecular complexity index is 482. The Morgan fingerprint density at radius 3 is 2.93 bits per heavy atom. The largest absolute Gasteiger partial charge is 0.259 e. The molecule has 0 N–H and O–H groups in total. The first-order valence-electron chi connectivity index (χ1n) is 4.32. The Morgan fingerprint density at radius 2 is 2.21 bits per heavy atom. The van der Waals surface area contributed by atoms with E-state index in [0.29, 0.717) is 0 Å². The summed E-state index contributed by atoms with van der Waals surface area (Å²) in [5.74, 6) is 0. The van der Waals surface area contributed by atoms with Crippen LogP contribution in [0.3, 0.4) is 0 Å². The van der Waals surface area contributed by atoms with E-state index < -0.39 is 0 Å². The first kappa shape index (κ1) is 9.94. The first-order chi connectivity index (χ1) is 6.72. The third-order valence-electron chi connectivity index (χ3n) is 2.34. The summed E-state index contributed by atoms with van der Waals surface area (Å²) < 4.78 is 0. The van der Waals surface area contributed by atoms with Gasteiger partial charge in [0.1, 0.15) is 0 Å². The number of hydrogen-bond donors (Lipinski definition) is 0. The Morgan fingerprint density at radius 1 is 1.43 bits per heavy atom. The summed E-state index contributed by atoms with van der Waals surface area (Å²) in [4.78, 5) is 4.36. The van der Waals surface area contributed by atoms with Crippen molar-refractivity contribution >= 4 is 38.3 Å². The molecule has 2 aromatic rings. The average molecular weight is 271 g/mol. The molecule has 1 heterocycles. The van der Waals surface area contributed by atoms with Crippen LogP contribution in [0, 0.1) is 6.92 Å². The van der Waals surface area contributed by atoms with E-state index in [1.165, 1.54) is 10.9 Å². The highest BCUT2D eigenvalue weighted by molar-refractivity contribution is 9.08. The van der Waals surface area contributed by atoms with Crippen molar-refractivity contribution in [3.63, 3.8) is 0 Å². The van der Waals surface area contributed by atoms with Crippen LogP contribution in [0.4, 0.5) is 0 Å². The fourth-order valence-electron chi connectivity index (χ4n) is 1.52. The van der Waals surface area contributed by atoms with Crippen LogP contribution in [0.25, 0.3) is 10.8 Å². The molecule has 0 aliphatic heterocycles. The van der Waals surface area contributed by atoms with E-state index in [-0.39, 0.29) is 0 Å². The second kappa shape index (κ2) is 3.87. The molecule has 0 saturated carbocycles. The van der Waals surface area contributed by atoms with E-state index in [1.54, 1.807) is 0 Å². The molecule has 0 fully saturated rings. The molecule has 72 valence electrons. The number of nitrogens with zero attached hydrogens (tertiary/aromatic N) is 1. The van der Waals surface area contributed by atoms with Gasteiger partial charge in [-0.2, -0.15) is 0 Å². The number of fused-ring (bicyclic) bond motifs is 1. The van der Waals surface area contributed by atoms with Crippen molar-refractivity contribution in [1.29, 1.82) is 0 Å². The van der Waals surface area contributed by atoms with Crippen LogP contribution < -0.4 is 0 Å². The summed E-state index contributed by atoms with van der Waals surface area (Å²) in [5.41, 5.74) is 2.30. The molecule has 0 saturated heterocycles. The van der Waals surface area contributed by atoms with Crippen LogP contribution >= 0.6 is 27.5 Å². The minimum absolute atomic E-state index is 0.755. The number of aromatic nitrogens is 1. The van der Waals surface area contributed by atoms with Gasteiger partial charge in [0.25, 0.3) is 0 Å². The lowest BCUT2D eigenvalue weighted by Crippen LogP contribution is -1.91. The van der Waals surface area contributed by atoms with Crippen LogP contribution in [-0.2, 0) is 5.33 Å². The Kier molecular flexibility index (Phi) is 2.75. The molecular weight excluding hydrogens is 261 g/mol. The van der Waals surface area contributed by atoms with Gasteiger partial charge in [0.05, 0.1) is 5.69 Å². The third-order valence-corrected chi connectivity index (χ3v) is 3.10. The molecule has 0 radical (unpaired) electrons. The summed E-state index contributed by atoms with van der Waals surface area (Å²) in [6, 6.07) is 5.89. The van der Waals surface area contributed by atoms with Gasteiger partial charge in [-0.1, -0.05) is 33.6 Å². The summed E-state index contributed by atoms with van der Waals surface area (Å²) in [7, 11) is 0. The molecule has 3 heteroatoms. The van der Waals surface area contributed by atoms with Crippen LogP contribution in [0.2, 0.25) is 5.02 Å². The molecule has 0 atom stereocenters. The standard InChI is InChI=1S/C11H9BrClN/c1-7-10-3-2-9(13)4-8(10)6-14-11(7)5-12/h2-4,6H,5H2,1H3. The molecule has 0 bridgehead atoms. The van der Waals surface area contributed by atoms with Gasteiger partial charge in [0.2, 0.25) is 0 Å². The molecule has 0 unspecified atom stereocenters. The molecule has 1 aromatic heterocycles. The van der Waals surface area contributed by atoms with Crippen LogP contribution in [0.15, 0.2) is 24.4 Å². The van der Waals surface area contributed by atoms with Gasteiger partial charge in [0.15, 0.2) is 0 Å². The number of benzene rings is 1. The SMILES string of the molecule is Cc1c(CBr)ncc2cc(Cl)ccc12. The molecule has 0 amide bonds. The number of hydrogen-bond acceptors (Lipinski definition) is 1. The first-order valence-corrected chi connectivity index (χ1v) is 5.82. The van der Waals surface area contributed by atoms with E-state index in [0.717, 1.165) is 21.4 Å². The lowest BCUT2D eigenvalue weighted by Gasteiger charge is -2.05. The van der Waals surface area contributed by atoms with Crippen molar-refractivity contribution in [2.24, 2.45) is 0 Å². The van der Waals surface area contributed by atoms with Crippen molar-refractivity contribution in [1.82, 2.24) is 4.98 Å². The van der Waals surface area contributed by atoms with Gasteiger partial charge in [-0.3, -0.25) is 4.98 Å². The molecule has 0 spiro atoms. The van der Waals surface area contributed by atoms with Gasteiger partial charge >= 0.3 is 0 Å². The van der Waals surface area contributed by atoms with Gasteiger partial charge in [-0.05, 0) is 30.0 Å². The maximum Gasteiger partial charge on any atom is 0.0544 e. The van der Waals surface area contributed by atoms with E-state index in [1.807, 2.05) is 24.4 Å². The van der Waals surface area contributed by atoms with E-state index >= 15 is 0 Å². The topological polar surface area (TPSA) is 12.9 Å². The highest BCUT2D eigenvalue weighted by Crippen LogP contribution is 2.24. The number of alkyl halides is 1. The fraction of sp³-hybridized carbons (Fsp3) is 0.182. The molecule has 1 nitrogen and oxygen atoms in total. The highest BCUT2D eigenvalue weighted by Gasteiger charge is 2.03. The average Bonchev–Trinajstić information content (AvgIpc) is 2.18. The number of halogens is 2. The van der Waals surface area contributed by atoms with Crippen molar-refractivity contribution < 1.29 is 0 Å². The maximum atomic E-state index is 5.91. The molecule has 14 heavy (non-hydrogen) atoms. The maximum absolute atomic E-state index is 5.91. The Balaban J connectivity index is 2.77. The van der Waals surface area contributed by atoms with E-state index in [4.69, 9.17) is 11.6 Å². The summed E-state index contributed by atoms with van der Waals surface area (Å²) in [6.45, 7) is 2.08. The normalized spacial score (nSPS) is 10.8. The zero-order valence-corrected chi connectivity index (χ0v) is 10.1. The quantitative estimate of drug-likeness (QED) is 0.711. The molecule has 1 aromatic carbocycles. The smallest absolute Gasteiger partial charge is 0.0544 e. The monoisotopic (exact) mass is 269 g/mol. The lowest BCUT2D eigenvalue weighted by atomic mass is 10.1. The van der Waals surface area contributed by atoms with Gasteiger partial charge < -0.3 is 0 Å². The minimum Gasteiger partial charge on any atom is -0.259 e. The molecular formula is C11H9BrClN. The Labute approximate surface area is 96.2 Å². The van der Waals surface area contributed by atoms with E-state index in [9.17, 15) is 0 Å². The fourth-order valence-corrected chi connectivity index (χ4v) is 2.26. The zero-order chi connectivity index (χ0) is 10.1. The second-order valence-electron chi connectivity index (χ2n) is 3.20. The number of aryl methyl sites for hydroxylation is 1. The third kappa shape index (κ3) is 1.64. The van der Waals surface area contributed by atoms with Gasteiger partial charge in [-0.25, -0.2) is 0 Å². The predicted octanol–water partition coefficient (Wildman–Crippen LogP) is 4.09. The van der Waals surface area contributed by atoms with Crippen LogP contribution in [-0.4, -0.2) is 4.98 Å². The summed E-state index contributed by atoms with van der Waals surface area (Å²) in [6.07, 6.45) is 1.87. The van der Waals surface area contributed by atoms with E-state index in [2.05, 4.69) is 27.8 Å². The molecule has 0 aliphatic carbocycles. The molecule has 0 aliphatic rings. The second-order valence-corrected chi connectivity index (χ2v) is 4.19. The zero-order valence-electron chi connectivity index (χ0n) is 7.72. The van der Waals surface area contributed by atoms with Crippen LogP contribution in [0.5, 0.6) is 0 Å². The van der Waals surface area contributed by atoms with Gasteiger partial charge in [-0.15, -0.1) is 0 Å².